The maximum Gasteiger partial charge on any atom is 0.143 e. The van der Waals surface area contributed by atoms with Gasteiger partial charge in [-0.3, -0.25) is 0 Å². The Bertz CT molecular complexity index is 4210. The van der Waals surface area contributed by atoms with E-state index in [0.717, 1.165) is 27.5 Å². The molecule has 0 saturated carbocycles. The maximum atomic E-state index is 6.66. The van der Waals surface area contributed by atoms with Gasteiger partial charge in [-0.1, -0.05) is 224 Å². The van der Waals surface area contributed by atoms with Crippen LogP contribution in [0.5, 0.6) is 0 Å². The number of furan rings is 1. The van der Waals surface area contributed by atoms with Crippen molar-refractivity contribution in [2.45, 2.75) is 0 Å². The van der Waals surface area contributed by atoms with Crippen LogP contribution in [0.15, 0.2) is 247 Å². The lowest BCUT2D eigenvalue weighted by atomic mass is 9.83. The van der Waals surface area contributed by atoms with Crippen LogP contribution in [0.1, 0.15) is 0 Å². The van der Waals surface area contributed by atoms with Crippen molar-refractivity contribution in [2.24, 2.45) is 0 Å². The predicted octanol–water partition coefficient (Wildman–Crippen LogP) is 18.8. The smallest absolute Gasteiger partial charge is 0.143 e. The molecular formula is C66H40O. The van der Waals surface area contributed by atoms with Crippen molar-refractivity contribution in [1.29, 1.82) is 0 Å². The molecule has 0 bridgehead atoms. The molecule has 67 heavy (non-hydrogen) atoms. The van der Waals surface area contributed by atoms with Crippen molar-refractivity contribution in [3.05, 3.63) is 243 Å². The molecular weight excluding hydrogens is 809 g/mol. The Kier molecular flexibility index (Phi) is 8.35. The van der Waals surface area contributed by atoms with E-state index in [1.807, 2.05) is 6.07 Å². The summed E-state index contributed by atoms with van der Waals surface area (Å²) in [4.78, 5) is 0. The molecule has 0 radical (unpaired) electrons. The fourth-order valence-corrected chi connectivity index (χ4v) is 11.4. The molecule has 0 aliphatic rings. The van der Waals surface area contributed by atoms with Gasteiger partial charge in [-0.15, -0.1) is 0 Å². The molecule has 0 unspecified atom stereocenters. The fourth-order valence-electron chi connectivity index (χ4n) is 11.4. The minimum absolute atomic E-state index is 0.908. The van der Waals surface area contributed by atoms with Gasteiger partial charge in [0, 0.05) is 21.9 Å². The van der Waals surface area contributed by atoms with Crippen LogP contribution in [0.25, 0.3) is 142 Å². The highest BCUT2D eigenvalue weighted by molar-refractivity contribution is 6.26. The first-order valence-corrected chi connectivity index (χ1v) is 23.2. The molecule has 1 heterocycles. The van der Waals surface area contributed by atoms with Gasteiger partial charge in [0.05, 0.1) is 0 Å². The SMILES string of the molecule is c1ccc(-c2c3ccccc3c(-c3ccc4cc(-c5cccc6c(-c7c8ccccc8c(-c8cccc9c8oc8ccccc89)c8ccccc78)cccc56)ccc4c3)c3ccccc23)cc1. The van der Waals surface area contributed by atoms with Crippen molar-refractivity contribution in [3.8, 4) is 55.6 Å². The van der Waals surface area contributed by atoms with Gasteiger partial charge in [-0.2, -0.15) is 0 Å². The number of para-hydroxylation sites is 2. The fraction of sp³-hybridized carbons (Fsp3) is 0. The molecule has 0 amide bonds. The van der Waals surface area contributed by atoms with E-state index in [9.17, 15) is 0 Å². The molecule has 1 aromatic heterocycles. The highest BCUT2D eigenvalue weighted by Gasteiger charge is 2.22. The standard InChI is InChI=1S/C66H40O/c1-2-17-41(18-3-1)62-51-20-4-6-22-53(51)63(54-23-7-5-21-52(54)62)45-38-36-42-39-44(37-35-43(42)40-45)46-28-14-30-48-47(46)29-15-31-50(48)64-55-24-8-10-26-57(55)65(58-27-11-9-25-56(58)64)60-33-16-32-59-49-19-12-13-34-61(49)67-66(59)60/h1-40H. The summed E-state index contributed by atoms with van der Waals surface area (Å²) < 4.78 is 6.66. The number of rotatable bonds is 5. The Hall–Kier alpha value is -8.78. The van der Waals surface area contributed by atoms with E-state index in [2.05, 4.69) is 237 Å². The molecule has 0 atom stereocenters. The molecule has 0 aliphatic carbocycles. The summed E-state index contributed by atoms with van der Waals surface area (Å²) in [5.41, 5.74) is 14.1. The molecule has 0 spiro atoms. The summed E-state index contributed by atoms with van der Waals surface area (Å²) in [5.74, 6) is 0. The Balaban J connectivity index is 0.921. The van der Waals surface area contributed by atoms with E-state index in [-0.39, 0.29) is 0 Å². The second kappa shape index (κ2) is 14.9. The maximum absolute atomic E-state index is 6.66. The van der Waals surface area contributed by atoms with Gasteiger partial charge in [0.1, 0.15) is 11.2 Å². The number of benzene rings is 13. The van der Waals surface area contributed by atoms with Crippen LogP contribution in [0.3, 0.4) is 0 Å². The van der Waals surface area contributed by atoms with E-state index in [4.69, 9.17) is 4.42 Å². The Morgan fingerprint density at radius 1 is 0.209 bits per heavy atom. The number of hydrogen-bond donors (Lipinski definition) is 0. The minimum atomic E-state index is 0.908. The summed E-state index contributed by atoms with van der Waals surface area (Å²) in [6, 6.07) is 89.0. The van der Waals surface area contributed by atoms with Gasteiger partial charge in [0.2, 0.25) is 0 Å². The molecule has 14 aromatic rings. The van der Waals surface area contributed by atoms with Gasteiger partial charge >= 0.3 is 0 Å². The van der Waals surface area contributed by atoms with Crippen molar-refractivity contribution in [1.82, 2.24) is 0 Å². The lowest BCUT2D eigenvalue weighted by Gasteiger charge is -2.19. The monoisotopic (exact) mass is 848 g/mol. The van der Waals surface area contributed by atoms with Crippen LogP contribution < -0.4 is 0 Å². The first kappa shape index (κ1) is 37.6. The van der Waals surface area contributed by atoms with Crippen LogP contribution in [0, 0.1) is 0 Å². The first-order valence-electron chi connectivity index (χ1n) is 23.2. The highest BCUT2D eigenvalue weighted by atomic mass is 16.3. The van der Waals surface area contributed by atoms with Gasteiger partial charge in [0.25, 0.3) is 0 Å². The molecule has 0 fully saturated rings. The average Bonchev–Trinajstić information content (AvgIpc) is 3.78. The summed E-state index contributed by atoms with van der Waals surface area (Å²) in [6.45, 7) is 0. The normalized spacial score (nSPS) is 11.9. The first-order chi connectivity index (χ1) is 33.3. The number of hydrogen-bond acceptors (Lipinski definition) is 1. The molecule has 1 nitrogen and oxygen atoms in total. The van der Waals surface area contributed by atoms with Crippen LogP contribution in [0.4, 0.5) is 0 Å². The van der Waals surface area contributed by atoms with Crippen LogP contribution >= 0.6 is 0 Å². The molecule has 0 N–H and O–H groups in total. The lowest BCUT2D eigenvalue weighted by molar-refractivity contribution is 0.670. The summed E-state index contributed by atoms with van der Waals surface area (Å²) >= 11 is 0. The van der Waals surface area contributed by atoms with Gasteiger partial charge in [-0.05, 0) is 127 Å². The second-order valence-electron chi connectivity index (χ2n) is 17.8. The zero-order valence-corrected chi connectivity index (χ0v) is 36.5. The van der Waals surface area contributed by atoms with Crippen molar-refractivity contribution < 1.29 is 4.42 Å². The minimum Gasteiger partial charge on any atom is -0.455 e. The van der Waals surface area contributed by atoms with E-state index in [1.54, 1.807) is 0 Å². The molecule has 310 valence electrons. The van der Waals surface area contributed by atoms with Gasteiger partial charge in [-0.25, -0.2) is 0 Å². The quantitative estimate of drug-likeness (QED) is 0.157. The predicted molar refractivity (Wildman–Crippen MR) is 286 cm³/mol. The lowest BCUT2D eigenvalue weighted by Crippen LogP contribution is -1.92. The summed E-state index contributed by atoms with van der Waals surface area (Å²) in [6.07, 6.45) is 0. The Morgan fingerprint density at radius 2 is 0.597 bits per heavy atom. The third kappa shape index (κ3) is 5.75. The van der Waals surface area contributed by atoms with E-state index >= 15 is 0 Å². The molecule has 1 heteroatoms. The average molecular weight is 849 g/mol. The van der Waals surface area contributed by atoms with Crippen LogP contribution in [-0.4, -0.2) is 0 Å². The van der Waals surface area contributed by atoms with Crippen molar-refractivity contribution in [2.75, 3.05) is 0 Å². The number of fused-ring (bicyclic) bond motifs is 9. The Morgan fingerprint density at radius 3 is 1.18 bits per heavy atom. The topological polar surface area (TPSA) is 13.1 Å². The van der Waals surface area contributed by atoms with E-state index in [0.29, 0.717) is 0 Å². The van der Waals surface area contributed by atoms with E-state index < -0.39 is 0 Å². The largest absolute Gasteiger partial charge is 0.455 e. The zero-order valence-electron chi connectivity index (χ0n) is 36.5. The van der Waals surface area contributed by atoms with Crippen LogP contribution in [0.2, 0.25) is 0 Å². The van der Waals surface area contributed by atoms with Gasteiger partial charge in [0.15, 0.2) is 0 Å². The third-order valence-electron chi connectivity index (χ3n) is 14.2. The third-order valence-corrected chi connectivity index (χ3v) is 14.2. The van der Waals surface area contributed by atoms with Gasteiger partial charge < -0.3 is 4.42 Å². The zero-order chi connectivity index (χ0) is 44.0. The van der Waals surface area contributed by atoms with Crippen molar-refractivity contribution in [3.63, 3.8) is 0 Å². The molecule has 0 aliphatic heterocycles. The van der Waals surface area contributed by atoms with Crippen LogP contribution in [-0.2, 0) is 0 Å². The Labute approximate surface area is 387 Å². The summed E-state index contributed by atoms with van der Waals surface area (Å²) in [7, 11) is 0. The molecule has 0 saturated heterocycles. The summed E-state index contributed by atoms with van der Waals surface area (Å²) in [5, 5.41) is 17.1. The second-order valence-corrected chi connectivity index (χ2v) is 17.8. The highest BCUT2D eigenvalue weighted by Crippen LogP contribution is 2.49. The van der Waals surface area contributed by atoms with Crippen molar-refractivity contribution >= 4 is 86.6 Å². The van der Waals surface area contributed by atoms with E-state index in [1.165, 1.54) is 115 Å². The molecule has 13 aromatic carbocycles. The molecule has 14 rings (SSSR count).